The van der Waals surface area contributed by atoms with Gasteiger partial charge in [-0.2, -0.15) is 0 Å². The van der Waals surface area contributed by atoms with E-state index in [9.17, 15) is 9.59 Å². The van der Waals surface area contributed by atoms with E-state index >= 15 is 0 Å². The predicted molar refractivity (Wildman–Crippen MR) is 122 cm³/mol. The van der Waals surface area contributed by atoms with E-state index in [1.807, 2.05) is 55.5 Å². The molecule has 0 radical (unpaired) electrons. The summed E-state index contributed by atoms with van der Waals surface area (Å²) in [5.74, 6) is -0.608. The van der Waals surface area contributed by atoms with Crippen LogP contribution in [0.1, 0.15) is 53.2 Å². The fourth-order valence-corrected chi connectivity index (χ4v) is 5.28. The highest BCUT2D eigenvalue weighted by Gasteiger charge is 2.27. The van der Waals surface area contributed by atoms with Crippen molar-refractivity contribution in [3.63, 3.8) is 0 Å². The van der Waals surface area contributed by atoms with E-state index in [1.165, 1.54) is 41.0 Å². The molecule has 0 aliphatic heterocycles. The largest absolute Gasteiger partial charge is 0.448 e. The van der Waals surface area contributed by atoms with E-state index < -0.39 is 12.1 Å². The third-order valence-corrected chi connectivity index (χ3v) is 6.94. The summed E-state index contributed by atoms with van der Waals surface area (Å²) in [6.07, 6.45) is 4.80. The molecule has 5 heteroatoms. The van der Waals surface area contributed by atoms with Crippen LogP contribution in [0.3, 0.4) is 0 Å². The van der Waals surface area contributed by atoms with E-state index in [1.54, 1.807) is 11.8 Å². The molecular weight excluding hydrogens is 394 g/mol. The third-order valence-electron chi connectivity index (χ3n) is 5.72. The van der Waals surface area contributed by atoms with Gasteiger partial charge in [-0.05, 0) is 62.6 Å². The first-order valence-corrected chi connectivity index (χ1v) is 11.5. The van der Waals surface area contributed by atoms with Crippen LogP contribution in [0.4, 0.5) is 5.69 Å². The van der Waals surface area contributed by atoms with Gasteiger partial charge in [0.15, 0.2) is 6.10 Å². The van der Waals surface area contributed by atoms with Gasteiger partial charge < -0.3 is 9.64 Å². The lowest BCUT2D eigenvalue weighted by atomic mass is 10.1. The zero-order valence-corrected chi connectivity index (χ0v) is 18.3. The molecule has 1 aromatic heterocycles. The normalized spacial score (nSPS) is 14.6. The number of esters is 1. The number of hydrogen-bond donors (Lipinski definition) is 0. The molecule has 4 rings (SSSR count). The van der Waals surface area contributed by atoms with Crippen LogP contribution in [0.5, 0.6) is 0 Å². The van der Waals surface area contributed by atoms with Gasteiger partial charge in [0.25, 0.3) is 5.91 Å². The number of carbonyl (C=O) groups is 2. The van der Waals surface area contributed by atoms with Gasteiger partial charge in [0, 0.05) is 16.8 Å². The van der Waals surface area contributed by atoms with Crippen LogP contribution >= 0.6 is 11.3 Å². The van der Waals surface area contributed by atoms with Gasteiger partial charge in [0.1, 0.15) is 4.88 Å². The molecule has 4 nitrogen and oxygen atoms in total. The Morgan fingerprint density at radius 3 is 2.67 bits per heavy atom. The molecule has 0 N–H and O–H groups in total. The Kier molecular flexibility index (Phi) is 6.18. The fraction of sp³-hybridized carbons (Fsp3) is 0.360. The number of ether oxygens (including phenoxy) is 1. The molecule has 2 aromatic carbocycles. The molecule has 1 atom stereocenters. The molecule has 1 aliphatic rings. The fourth-order valence-electron chi connectivity index (χ4n) is 4.15. The number of fused-ring (bicyclic) bond motifs is 2. The number of amides is 1. The van der Waals surface area contributed by atoms with Crippen LogP contribution in [-0.4, -0.2) is 24.5 Å². The van der Waals surface area contributed by atoms with Gasteiger partial charge in [0.2, 0.25) is 0 Å². The zero-order chi connectivity index (χ0) is 21.1. The first kappa shape index (κ1) is 20.6. The average molecular weight is 422 g/mol. The van der Waals surface area contributed by atoms with E-state index in [0.717, 1.165) is 29.3 Å². The Labute approximate surface area is 181 Å². The number of hydrogen-bond acceptors (Lipinski definition) is 4. The summed E-state index contributed by atoms with van der Waals surface area (Å²) in [5, 5.41) is 2.08. The summed E-state index contributed by atoms with van der Waals surface area (Å²) >= 11 is 1.52. The summed E-state index contributed by atoms with van der Waals surface area (Å²) in [6, 6.07) is 15.9. The second kappa shape index (κ2) is 9.00. The number of thiophene rings is 1. The molecule has 30 heavy (non-hydrogen) atoms. The lowest BCUT2D eigenvalue weighted by Gasteiger charge is -2.25. The summed E-state index contributed by atoms with van der Waals surface area (Å²) in [6.45, 7) is 4.10. The topological polar surface area (TPSA) is 46.6 Å². The highest BCUT2D eigenvalue weighted by molar-refractivity contribution is 7.14. The smallest absolute Gasteiger partial charge is 0.349 e. The summed E-state index contributed by atoms with van der Waals surface area (Å²) in [4.78, 5) is 29.5. The van der Waals surface area contributed by atoms with Crippen LogP contribution < -0.4 is 4.90 Å². The molecule has 0 bridgehead atoms. The van der Waals surface area contributed by atoms with E-state index in [0.29, 0.717) is 11.4 Å². The van der Waals surface area contributed by atoms with Crippen LogP contribution in [0, 0.1) is 0 Å². The molecule has 0 saturated carbocycles. The van der Waals surface area contributed by atoms with Crippen molar-refractivity contribution in [1.82, 2.24) is 0 Å². The van der Waals surface area contributed by atoms with Gasteiger partial charge in [-0.1, -0.05) is 42.8 Å². The minimum Gasteiger partial charge on any atom is -0.448 e. The molecule has 156 valence electrons. The molecule has 1 aliphatic carbocycles. The molecule has 0 unspecified atom stereocenters. The maximum Gasteiger partial charge on any atom is 0.349 e. The summed E-state index contributed by atoms with van der Waals surface area (Å²) in [7, 11) is 0. The van der Waals surface area contributed by atoms with Gasteiger partial charge in [-0.25, -0.2) is 4.79 Å². The number of nitrogens with zero attached hydrogens (tertiary/aromatic N) is 1. The number of likely N-dealkylation sites (N-methyl/N-ethyl adjacent to an activating group) is 1. The van der Waals surface area contributed by atoms with Crippen LogP contribution in [0.15, 0.2) is 48.5 Å². The van der Waals surface area contributed by atoms with Crippen molar-refractivity contribution in [1.29, 1.82) is 0 Å². The van der Waals surface area contributed by atoms with Crippen molar-refractivity contribution in [2.75, 3.05) is 11.4 Å². The first-order valence-electron chi connectivity index (χ1n) is 10.7. The van der Waals surface area contributed by atoms with Gasteiger partial charge >= 0.3 is 5.97 Å². The third kappa shape index (κ3) is 4.12. The lowest BCUT2D eigenvalue weighted by molar-refractivity contribution is -0.126. The van der Waals surface area contributed by atoms with Crippen LogP contribution in [0.25, 0.3) is 10.8 Å². The molecule has 0 spiro atoms. The molecule has 3 aromatic rings. The lowest BCUT2D eigenvalue weighted by Crippen LogP contribution is -2.40. The first-order chi connectivity index (χ1) is 14.6. The van der Waals surface area contributed by atoms with E-state index in [2.05, 4.69) is 0 Å². The highest BCUT2D eigenvalue weighted by atomic mass is 32.1. The molecule has 1 amide bonds. The van der Waals surface area contributed by atoms with Gasteiger partial charge in [0.05, 0.1) is 5.69 Å². The quantitative estimate of drug-likeness (QED) is 0.388. The minimum absolute atomic E-state index is 0.208. The Morgan fingerprint density at radius 1 is 1.07 bits per heavy atom. The zero-order valence-electron chi connectivity index (χ0n) is 17.5. The molecular formula is C25H27NO3S. The second-order valence-corrected chi connectivity index (χ2v) is 8.88. The molecule has 0 fully saturated rings. The van der Waals surface area contributed by atoms with Crippen molar-refractivity contribution in [3.8, 4) is 0 Å². The molecule has 0 saturated heterocycles. The number of carbonyl (C=O) groups excluding carboxylic acids is 2. The number of rotatable bonds is 5. The Balaban J connectivity index is 1.51. The van der Waals surface area contributed by atoms with Gasteiger partial charge in [-0.15, -0.1) is 11.3 Å². The van der Waals surface area contributed by atoms with Gasteiger partial charge in [-0.3, -0.25) is 4.79 Å². The van der Waals surface area contributed by atoms with E-state index in [4.69, 9.17) is 4.74 Å². The number of benzene rings is 2. The monoisotopic (exact) mass is 421 g/mol. The number of anilines is 1. The standard InChI is InChI=1S/C25H27NO3S/c1-3-26(21-14-9-12-18-10-7-8-13-20(18)21)24(27)17(2)29-25(28)23-16-19-11-5-4-6-15-22(19)30-23/h7-10,12-14,16-17H,3-6,11,15H2,1-2H3/t17-/m0/s1. The summed E-state index contributed by atoms with van der Waals surface area (Å²) in [5.41, 5.74) is 2.11. The van der Waals surface area contributed by atoms with Crippen LogP contribution in [-0.2, 0) is 22.4 Å². The SMILES string of the molecule is CCN(C(=O)[C@H](C)OC(=O)c1cc2c(s1)CCCCC2)c1cccc2ccccc12. The van der Waals surface area contributed by atoms with Crippen LogP contribution in [0.2, 0.25) is 0 Å². The maximum absolute atomic E-state index is 13.2. The van der Waals surface area contributed by atoms with Crippen molar-refractivity contribution < 1.29 is 14.3 Å². The summed E-state index contributed by atoms with van der Waals surface area (Å²) < 4.78 is 5.60. The van der Waals surface area contributed by atoms with E-state index in [-0.39, 0.29) is 5.91 Å². The van der Waals surface area contributed by atoms with Crippen molar-refractivity contribution in [3.05, 3.63) is 63.8 Å². The minimum atomic E-state index is -0.849. The Bertz CT molecular complexity index is 1040. The second-order valence-electron chi connectivity index (χ2n) is 7.75. The van der Waals surface area contributed by atoms with Crippen molar-refractivity contribution in [2.24, 2.45) is 0 Å². The highest BCUT2D eigenvalue weighted by Crippen LogP contribution is 2.30. The maximum atomic E-state index is 13.2. The Hall–Kier alpha value is -2.66. The molecule has 1 heterocycles. The average Bonchev–Trinajstić information content (AvgIpc) is 3.05. The van der Waals surface area contributed by atoms with Crippen molar-refractivity contribution >= 4 is 39.7 Å². The van der Waals surface area contributed by atoms with Crippen molar-refractivity contribution in [2.45, 2.75) is 52.1 Å². The predicted octanol–water partition coefficient (Wildman–Crippen LogP) is 5.77. The number of aryl methyl sites for hydroxylation is 2. The Morgan fingerprint density at radius 2 is 1.83 bits per heavy atom.